The minimum atomic E-state index is -0.645. The topological polar surface area (TPSA) is 65.1 Å². The van der Waals surface area contributed by atoms with E-state index in [0.29, 0.717) is 17.6 Å². The summed E-state index contributed by atoms with van der Waals surface area (Å²) in [4.78, 5) is 26.8. The minimum Gasteiger partial charge on any atom is -0.372 e. The number of nitrogens with zero attached hydrogens (tertiary/aromatic N) is 2. The highest BCUT2D eigenvalue weighted by atomic mass is 16.4. The molecule has 0 radical (unpaired) electrons. The third-order valence-electron chi connectivity index (χ3n) is 2.11. The quantitative estimate of drug-likeness (QED) is 0.727. The van der Waals surface area contributed by atoms with Crippen LogP contribution in [-0.4, -0.2) is 9.55 Å². The average Bonchev–Trinajstić information content (AvgIpc) is 2.24. The van der Waals surface area contributed by atoms with Crippen LogP contribution in [0.25, 0.3) is 11.0 Å². The summed E-state index contributed by atoms with van der Waals surface area (Å²) in [6.07, 6.45) is 2.33. The molecule has 2 rings (SSSR count). The van der Waals surface area contributed by atoms with Gasteiger partial charge in [-0.15, -0.1) is 0 Å². The largest absolute Gasteiger partial charge is 0.423 e. The van der Waals surface area contributed by atoms with Crippen molar-refractivity contribution < 1.29 is 4.42 Å². The summed E-state index contributed by atoms with van der Waals surface area (Å²) in [5.41, 5.74) is -0.240. The van der Waals surface area contributed by atoms with Crippen LogP contribution in [0, 0.1) is 0 Å². The molecule has 2 aromatic rings. The van der Waals surface area contributed by atoms with Crippen molar-refractivity contribution in [3.05, 3.63) is 39.3 Å². The van der Waals surface area contributed by atoms with E-state index in [1.54, 1.807) is 18.3 Å². The van der Waals surface area contributed by atoms with E-state index in [9.17, 15) is 9.59 Å². The van der Waals surface area contributed by atoms with Crippen molar-refractivity contribution in [2.45, 2.75) is 19.9 Å². The van der Waals surface area contributed by atoms with Crippen molar-refractivity contribution in [2.75, 3.05) is 0 Å². The SMILES string of the molecule is CCCn1c(=O)oc(=O)c2cccnc21. The number of rotatable bonds is 2. The van der Waals surface area contributed by atoms with Gasteiger partial charge in [-0.3, -0.25) is 4.57 Å². The van der Waals surface area contributed by atoms with Crippen LogP contribution in [0.1, 0.15) is 13.3 Å². The Kier molecular flexibility index (Phi) is 2.37. The third kappa shape index (κ3) is 1.56. The summed E-state index contributed by atoms with van der Waals surface area (Å²) in [7, 11) is 0. The second-order valence-electron chi connectivity index (χ2n) is 3.18. The Balaban J connectivity index is 2.90. The molecule has 0 aromatic carbocycles. The van der Waals surface area contributed by atoms with Gasteiger partial charge in [-0.25, -0.2) is 14.6 Å². The average molecular weight is 206 g/mol. The molecule has 0 spiro atoms. The van der Waals surface area contributed by atoms with Crippen LogP contribution in [-0.2, 0) is 6.54 Å². The lowest BCUT2D eigenvalue weighted by Gasteiger charge is -2.04. The smallest absolute Gasteiger partial charge is 0.372 e. The molecule has 0 saturated carbocycles. The van der Waals surface area contributed by atoms with Crippen molar-refractivity contribution in [1.82, 2.24) is 9.55 Å². The highest BCUT2D eigenvalue weighted by molar-refractivity contribution is 5.72. The highest BCUT2D eigenvalue weighted by Gasteiger charge is 2.08. The molecule has 0 N–H and O–H groups in total. The molecule has 2 aromatic heterocycles. The van der Waals surface area contributed by atoms with Crippen molar-refractivity contribution in [3.8, 4) is 0 Å². The van der Waals surface area contributed by atoms with E-state index < -0.39 is 11.4 Å². The van der Waals surface area contributed by atoms with Crippen molar-refractivity contribution >= 4 is 11.0 Å². The first-order valence-corrected chi connectivity index (χ1v) is 4.72. The van der Waals surface area contributed by atoms with Crippen LogP contribution in [0.4, 0.5) is 0 Å². The summed E-state index contributed by atoms with van der Waals surface area (Å²) in [6, 6.07) is 3.24. The van der Waals surface area contributed by atoms with Gasteiger partial charge < -0.3 is 4.42 Å². The molecule has 15 heavy (non-hydrogen) atoms. The van der Waals surface area contributed by atoms with Crippen LogP contribution in [0.2, 0.25) is 0 Å². The number of pyridine rings is 1. The standard InChI is InChI=1S/C10H10N2O3/c1-2-6-12-8-7(4-3-5-11-8)9(13)15-10(12)14/h3-5H,2,6H2,1H3. The molecule has 0 fully saturated rings. The van der Waals surface area contributed by atoms with Crippen LogP contribution < -0.4 is 11.4 Å². The maximum Gasteiger partial charge on any atom is 0.423 e. The minimum absolute atomic E-state index is 0.338. The monoisotopic (exact) mass is 206 g/mol. The molecule has 5 heteroatoms. The maximum absolute atomic E-state index is 11.4. The van der Waals surface area contributed by atoms with Crippen molar-refractivity contribution in [3.63, 3.8) is 0 Å². The van der Waals surface area contributed by atoms with Crippen molar-refractivity contribution in [2.24, 2.45) is 0 Å². The molecular formula is C10H10N2O3. The van der Waals surface area contributed by atoms with Crippen LogP contribution in [0.15, 0.2) is 32.3 Å². The molecule has 0 aliphatic heterocycles. The van der Waals surface area contributed by atoms with Gasteiger partial charge in [0.05, 0.1) is 0 Å². The molecule has 78 valence electrons. The predicted molar refractivity (Wildman–Crippen MR) is 54.8 cm³/mol. The van der Waals surface area contributed by atoms with Gasteiger partial charge in [0.25, 0.3) is 0 Å². The molecular weight excluding hydrogens is 196 g/mol. The fraction of sp³-hybridized carbons (Fsp3) is 0.300. The van der Waals surface area contributed by atoms with Crippen LogP contribution in [0.3, 0.4) is 0 Å². The molecule has 2 heterocycles. The van der Waals surface area contributed by atoms with Crippen LogP contribution in [0.5, 0.6) is 0 Å². The van der Waals surface area contributed by atoms with E-state index in [1.807, 2.05) is 6.92 Å². The Morgan fingerprint density at radius 1 is 1.47 bits per heavy atom. The second-order valence-corrected chi connectivity index (χ2v) is 3.18. The molecule has 0 atom stereocenters. The lowest BCUT2D eigenvalue weighted by atomic mass is 10.3. The zero-order valence-electron chi connectivity index (χ0n) is 8.27. The van der Waals surface area contributed by atoms with Gasteiger partial charge in [-0.05, 0) is 18.6 Å². The fourth-order valence-electron chi connectivity index (χ4n) is 1.47. The van der Waals surface area contributed by atoms with Gasteiger partial charge in [-0.2, -0.15) is 0 Å². The number of hydrogen-bond acceptors (Lipinski definition) is 4. The maximum atomic E-state index is 11.4. The Hall–Kier alpha value is -1.91. The second kappa shape index (κ2) is 3.68. The molecule has 0 bridgehead atoms. The predicted octanol–water partition coefficient (Wildman–Crippen LogP) is 0.760. The van der Waals surface area contributed by atoms with Gasteiger partial charge in [-0.1, -0.05) is 6.92 Å². The normalized spacial score (nSPS) is 10.7. The summed E-state index contributed by atoms with van der Waals surface area (Å²) in [6.45, 7) is 2.43. The van der Waals surface area contributed by atoms with Gasteiger partial charge in [0, 0.05) is 12.7 Å². The number of fused-ring (bicyclic) bond motifs is 1. The molecule has 0 aliphatic rings. The lowest BCUT2D eigenvalue weighted by molar-refractivity contribution is 0.413. The fourth-order valence-corrected chi connectivity index (χ4v) is 1.47. The number of hydrogen-bond donors (Lipinski definition) is 0. The molecule has 0 aliphatic carbocycles. The molecule has 0 unspecified atom stereocenters. The first-order valence-electron chi connectivity index (χ1n) is 4.72. The van der Waals surface area contributed by atoms with E-state index in [-0.39, 0.29) is 0 Å². The van der Waals surface area contributed by atoms with Crippen molar-refractivity contribution in [1.29, 1.82) is 0 Å². The third-order valence-corrected chi connectivity index (χ3v) is 2.11. The van der Waals surface area contributed by atoms with Gasteiger partial charge in [0.2, 0.25) is 0 Å². The Morgan fingerprint density at radius 2 is 2.27 bits per heavy atom. The van der Waals surface area contributed by atoms with E-state index in [0.717, 1.165) is 6.42 Å². The molecule has 5 nitrogen and oxygen atoms in total. The Morgan fingerprint density at radius 3 is 3.00 bits per heavy atom. The summed E-state index contributed by atoms with van der Waals surface area (Å²) < 4.78 is 5.96. The van der Waals surface area contributed by atoms with E-state index in [1.165, 1.54) is 4.57 Å². The summed E-state index contributed by atoms with van der Waals surface area (Å²) >= 11 is 0. The first-order chi connectivity index (χ1) is 7.24. The first kappa shape index (κ1) is 9.64. The van der Waals surface area contributed by atoms with Gasteiger partial charge in [0.1, 0.15) is 5.39 Å². The summed E-state index contributed by atoms with van der Waals surface area (Å²) in [5, 5.41) is 0.338. The van der Waals surface area contributed by atoms with Gasteiger partial charge in [0.15, 0.2) is 5.65 Å². The van der Waals surface area contributed by atoms with Gasteiger partial charge >= 0.3 is 11.4 Å². The molecule has 0 amide bonds. The Bertz CT molecular complexity index is 597. The highest BCUT2D eigenvalue weighted by Crippen LogP contribution is 2.03. The zero-order chi connectivity index (χ0) is 10.8. The zero-order valence-corrected chi connectivity index (χ0v) is 8.27. The lowest BCUT2D eigenvalue weighted by Crippen LogP contribution is -2.25. The Labute approximate surface area is 85.0 Å². The number of aryl methyl sites for hydroxylation is 1. The van der Waals surface area contributed by atoms with E-state index in [4.69, 9.17) is 0 Å². The summed E-state index contributed by atoms with van der Waals surface area (Å²) in [5.74, 6) is -0.645. The molecule has 0 saturated heterocycles. The van der Waals surface area contributed by atoms with E-state index >= 15 is 0 Å². The van der Waals surface area contributed by atoms with Crippen LogP contribution >= 0.6 is 0 Å². The van der Waals surface area contributed by atoms with E-state index in [2.05, 4.69) is 9.40 Å². The number of aromatic nitrogens is 2.